The number of nitrogens with two attached hydrogens (primary N) is 1. The number of rotatable bonds is 7. The Bertz CT molecular complexity index is 337. The summed E-state index contributed by atoms with van der Waals surface area (Å²) in [6.07, 6.45) is 6.10. The third-order valence-electron chi connectivity index (χ3n) is 2.21. The molecule has 0 fully saturated rings. The van der Waals surface area contributed by atoms with Crippen LogP contribution in [0.2, 0.25) is 0 Å². The van der Waals surface area contributed by atoms with E-state index in [-0.39, 0.29) is 6.42 Å². The second-order valence-electron chi connectivity index (χ2n) is 3.67. The van der Waals surface area contributed by atoms with Gasteiger partial charge in [-0.1, -0.05) is 12.1 Å². The monoisotopic (exact) mass is 225 g/mol. The maximum absolute atomic E-state index is 10.5. The van der Waals surface area contributed by atoms with Crippen molar-refractivity contribution in [2.75, 3.05) is 0 Å². The zero-order chi connectivity index (χ0) is 12.0. The van der Waals surface area contributed by atoms with Gasteiger partial charge in [0.2, 0.25) is 0 Å². The number of carboxylic acids is 1. The van der Waals surface area contributed by atoms with E-state index in [1.807, 2.05) is 6.92 Å². The van der Waals surface area contributed by atoms with E-state index in [1.54, 1.807) is 10.9 Å². The van der Waals surface area contributed by atoms with Crippen LogP contribution in [0.5, 0.6) is 0 Å². The molecule has 6 nitrogen and oxygen atoms in total. The molecule has 1 radical (unpaired) electrons. The second-order valence-corrected chi connectivity index (χ2v) is 3.67. The van der Waals surface area contributed by atoms with Crippen LogP contribution in [0.1, 0.15) is 25.5 Å². The average molecular weight is 225 g/mol. The molecule has 3 N–H and O–H groups in total. The molecule has 6 heteroatoms. The van der Waals surface area contributed by atoms with E-state index in [0.29, 0.717) is 5.69 Å². The summed E-state index contributed by atoms with van der Waals surface area (Å²) in [7, 11) is 0. The van der Waals surface area contributed by atoms with E-state index >= 15 is 0 Å². The molecule has 1 aromatic rings. The Balaban J connectivity index is 2.42. The molecule has 1 heterocycles. The maximum Gasteiger partial charge on any atom is 0.320 e. The van der Waals surface area contributed by atoms with Gasteiger partial charge in [0, 0.05) is 19.2 Å². The molecule has 0 aliphatic heterocycles. The molecule has 0 aliphatic carbocycles. The van der Waals surface area contributed by atoms with Gasteiger partial charge >= 0.3 is 5.97 Å². The molecule has 0 spiro atoms. The molecule has 0 amide bonds. The van der Waals surface area contributed by atoms with Crippen molar-refractivity contribution in [2.24, 2.45) is 5.73 Å². The van der Waals surface area contributed by atoms with Gasteiger partial charge in [-0.3, -0.25) is 9.48 Å². The fraction of sp³-hybridized carbons (Fsp3) is 0.600. The number of hydrogen-bond donors (Lipinski definition) is 2. The molecular weight excluding hydrogens is 208 g/mol. The summed E-state index contributed by atoms with van der Waals surface area (Å²) in [5.74, 6) is -1.02. The molecule has 1 atom stereocenters. The van der Waals surface area contributed by atoms with Crippen LogP contribution in [-0.2, 0) is 17.8 Å². The standard InChI is InChI=1S/C10H17N4O2/c1-2-3-4-5-14-7-8(12-13-14)6-9(11)10(15)16/h2,7,9H,3-6,11H2,1H3,(H,15,16). The molecule has 16 heavy (non-hydrogen) atoms. The molecule has 0 saturated heterocycles. The Labute approximate surface area is 94.4 Å². The van der Waals surface area contributed by atoms with Gasteiger partial charge < -0.3 is 10.8 Å². The Morgan fingerprint density at radius 3 is 3.12 bits per heavy atom. The molecule has 1 unspecified atom stereocenters. The molecule has 0 aromatic carbocycles. The predicted molar refractivity (Wildman–Crippen MR) is 58.5 cm³/mol. The minimum atomic E-state index is -1.02. The Morgan fingerprint density at radius 2 is 2.50 bits per heavy atom. The van der Waals surface area contributed by atoms with Crippen molar-refractivity contribution in [1.82, 2.24) is 15.0 Å². The topological polar surface area (TPSA) is 94.0 Å². The van der Waals surface area contributed by atoms with Crippen molar-refractivity contribution in [2.45, 2.75) is 38.8 Å². The summed E-state index contributed by atoms with van der Waals surface area (Å²) in [6.45, 7) is 2.80. The molecule has 89 valence electrons. The normalized spacial score (nSPS) is 12.6. The Kier molecular flexibility index (Phi) is 4.91. The predicted octanol–water partition coefficient (Wildman–Crippen LogP) is 0.237. The lowest BCUT2D eigenvalue weighted by Crippen LogP contribution is -2.32. The van der Waals surface area contributed by atoms with E-state index in [1.165, 1.54) is 0 Å². The van der Waals surface area contributed by atoms with Gasteiger partial charge in [0.1, 0.15) is 6.04 Å². The summed E-state index contributed by atoms with van der Waals surface area (Å²) in [5.41, 5.74) is 6.02. The summed E-state index contributed by atoms with van der Waals surface area (Å²) in [4.78, 5) is 10.5. The highest BCUT2D eigenvalue weighted by molar-refractivity contribution is 5.73. The molecule has 0 aliphatic rings. The van der Waals surface area contributed by atoms with E-state index in [0.717, 1.165) is 19.4 Å². The SMILES string of the molecule is C[CH]CCCn1cc(CC(N)C(=O)O)nn1. The van der Waals surface area contributed by atoms with Gasteiger partial charge in [0.15, 0.2) is 0 Å². The highest BCUT2D eigenvalue weighted by Crippen LogP contribution is 2.00. The lowest BCUT2D eigenvalue weighted by Gasteiger charge is -2.01. The van der Waals surface area contributed by atoms with Crippen molar-refractivity contribution in [3.05, 3.63) is 18.3 Å². The van der Waals surface area contributed by atoms with Crippen LogP contribution in [0.15, 0.2) is 6.20 Å². The van der Waals surface area contributed by atoms with Crippen LogP contribution < -0.4 is 5.73 Å². The first-order chi connectivity index (χ1) is 7.63. The van der Waals surface area contributed by atoms with E-state index in [4.69, 9.17) is 10.8 Å². The van der Waals surface area contributed by atoms with Gasteiger partial charge in [-0.2, -0.15) is 0 Å². The first-order valence-corrected chi connectivity index (χ1v) is 5.28. The number of carboxylic acid groups (broad SMARTS) is 1. The zero-order valence-corrected chi connectivity index (χ0v) is 9.33. The highest BCUT2D eigenvalue weighted by Gasteiger charge is 2.14. The van der Waals surface area contributed by atoms with Gasteiger partial charge in [-0.05, 0) is 19.3 Å². The zero-order valence-electron chi connectivity index (χ0n) is 9.33. The molecular formula is C10H17N4O2. The maximum atomic E-state index is 10.5. The smallest absolute Gasteiger partial charge is 0.320 e. The summed E-state index contributed by atoms with van der Waals surface area (Å²) < 4.78 is 1.72. The lowest BCUT2D eigenvalue weighted by atomic mass is 10.2. The fourth-order valence-corrected chi connectivity index (χ4v) is 1.31. The van der Waals surface area contributed by atoms with Crippen molar-refractivity contribution in [1.29, 1.82) is 0 Å². The molecule has 0 saturated carbocycles. The number of nitrogens with zero attached hydrogens (tertiary/aromatic N) is 3. The van der Waals surface area contributed by atoms with Gasteiger partial charge in [-0.15, -0.1) is 5.10 Å². The second kappa shape index (κ2) is 6.22. The van der Waals surface area contributed by atoms with E-state index in [2.05, 4.69) is 16.7 Å². The van der Waals surface area contributed by atoms with Crippen molar-refractivity contribution in [3.8, 4) is 0 Å². The summed E-state index contributed by atoms with van der Waals surface area (Å²) in [5, 5.41) is 16.4. The molecule has 1 aromatic heterocycles. The number of carbonyl (C=O) groups is 1. The van der Waals surface area contributed by atoms with Gasteiger partial charge in [0.05, 0.1) is 5.69 Å². The van der Waals surface area contributed by atoms with E-state index < -0.39 is 12.0 Å². The van der Waals surface area contributed by atoms with Gasteiger partial charge in [0.25, 0.3) is 0 Å². The molecule has 1 rings (SSSR count). The Hall–Kier alpha value is -1.43. The first-order valence-electron chi connectivity index (χ1n) is 5.28. The average Bonchev–Trinajstić information content (AvgIpc) is 2.66. The third kappa shape index (κ3) is 3.98. The minimum Gasteiger partial charge on any atom is -0.480 e. The fourth-order valence-electron chi connectivity index (χ4n) is 1.31. The van der Waals surface area contributed by atoms with Crippen LogP contribution in [0.25, 0.3) is 0 Å². The van der Waals surface area contributed by atoms with E-state index in [9.17, 15) is 4.79 Å². The number of aromatic nitrogens is 3. The van der Waals surface area contributed by atoms with Crippen LogP contribution in [0.4, 0.5) is 0 Å². The highest BCUT2D eigenvalue weighted by atomic mass is 16.4. The number of aryl methyl sites for hydroxylation is 1. The van der Waals surface area contributed by atoms with Crippen LogP contribution >= 0.6 is 0 Å². The third-order valence-corrected chi connectivity index (χ3v) is 2.21. The van der Waals surface area contributed by atoms with Crippen molar-refractivity contribution < 1.29 is 9.90 Å². The van der Waals surface area contributed by atoms with Crippen LogP contribution in [-0.4, -0.2) is 32.1 Å². The number of hydrogen-bond acceptors (Lipinski definition) is 4. The lowest BCUT2D eigenvalue weighted by molar-refractivity contribution is -0.138. The Morgan fingerprint density at radius 1 is 1.75 bits per heavy atom. The first kappa shape index (κ1) is 12.6. The van der Waals surface area contributed by atoms with Crippen molar-refractivity contribution in [3.63, 3.8) is 0 Å². The quantitative estimate of drug-likeness (QED) is 0.648. The van der Waals surface area contributed by atoms with Crippen LogP contribution in [0.3, 0.4) is 0 Å². The molecule has 0 bridgehead atoms. The summed E-state index contributed by atoms with van der Waals surface area (Å²) in [6, 6.07) is -0.908. The summed E-state index contributed by atoms with van der Waals surface area (Å²) >= 11 is 0. The van der Waals surface area contributed by atoms with Crippen molar-refractivity contribution >= 4 is 5.97 Å². The largest absolute Gasteiger partial charge is 0.480 e. The minimum absolute atomic E-state index is 0.217. The van der Waals surface area contributed by atoms with Gasteiger partial charge in [-0.25, -0.2) is 0 Å². The van der Waals surface area contributed by atoms with Crippen LogP contribution in [0, 0.1) is 6.42 Å². The number of unbranched alkanes of at least 4 members (excludes halogenated alkanes) is 2. The number of aliphatic carboxylic acids is 1.